The molecule has 0 radical (unpaired) electrons. The Balaban J connectivity index is 2.10. The van der Waals surface area contributed by atoms with E-state index in [0.29, 0.717) is 18.3 Å². The van der Waals surface area contributed by atoms with Gasteiger partial charge in [0.25, 0.3) is 0 Å². The minimum atomic E-state index is 0.432. The second-order valence-corrected chi connectivity index (χ2v) is 7.72. The second kappa shape index (κ2) is 7.80. The molecule has 3 heteroatoms. The molecule has 0 amide bonds. The van der Waals surface area contributed by atoms with Crippen molar-refractivity contribution in [2.45, 2.75) is 52.9 Å². The van der Waals surface area contributed by atoms with Gasteiger partial charge in [0.05, 0.1) is 12.3 Å². The molecular formula is C24H27N3. The molecular weight excluding hydrogens is 330 g/mol. The third-order valence-corrected chi connectivity index (χ3v) is 5.06. The van der Waals surface area contributed by atoms with E-state index in [1.54, 1.807) is 0 Å². The summed E-state index contributed by atoms with van der Waals surface area (Å²) in [5.74, 6) is 1.87. The summed E-state index contributed by atoms with van der Waals surface area (Å²) >= 11 is 0. The van der Waals surface area contributed by atoms with Gasteiger partial charge in [0.15, 0.2) is 5.69 Å². The van der Waals surface area contributed by atoms with Gasteiger partial charge in [-0.25, -0.2) is 9.83 Å². The van der Waals surface area contributed by atoms with E-state index in [0.717, 1.165) is 22.6 Å². The Kier molecular flexibility index (Phi) is 5.46. The maximum atomic E-state index is 7.36. The Morgan fingerprint density at radius 1 is 1.04 bits per heavy atom. The lowest BCUT2D eigenvalue weighted by molar-refractivity contribution is 0.790. The summed E-state index contributed by atoms with van der Waals surface area (Å²) in [6.45, 7) is 18.3. The van der Waals surface area contributed by atoms with E-state index in [2.05, 4.69) is 72.6 Å². The number of imidazole rings is 1. The Morgan fingerprint density at radius 2 is 1.70 bits per heavy atom. The van der Waals surface area contributed by atoms with Crippen molar-refractivity contribution in [2.75, 3.05) is 0 Å². The largest absolute Gasteiger partial charge is 0.303 e. The Hall–Kier alpha value is -2.86. The minimum Gasteiger partial charge on any atom is -0.303 e. The predicted octanol–water partition coefficient (Wildman–Crippen LogP) is 6.57. The maximum absolute atomic E-state index is 7.36. The highest BCUT2D eigenvalue weighted by molar-refractivity contribution is 5.55. The molecule has 0 aliphatic heterocycles. The van der Waals surface area contributed by atoms with Crippen molar-refractivity contribution in [1.29, 1.82) is 0 Å². The van der Waals surface area contributed by atoms with Crippen LogP contribution in [0.15, 0.2) is 48.8 Å². The van der Waals surface area contributed by atoms with Crippen LogP contribution in [0.25, 0.3) is 10.5 Å². The molecule has 3 nitrogen and oxygen atoms in total. The third-order valence-electron chi connectivity index (χ3n) is 5.06. The molecule has 0 atom stereocenters. The summed E-state index contributed by atoms with van der Waals surface area (Å²) in [7, 11) is 0. The average molecular weight is 358 g/mol. The molecule has 0 saturated heterocycles. The molecule has 0 saturated carbocycles. The van der Waals surface area contributed by atoms with Crippen molar-refractivity contribution in [3.8, 4) is 5.69 Å². The molecule has 0 aliphatic rings. The van der Waals surface area contributed by atoms with Crippen molar-refractivity contribution >= 4 is 5.69 Å². The molecule has 0 spiro atoms. The number of nitrogens with zero attached hydrogens (tertiary/aromatic N) is 3. The van der Waals surface area contributed by atoms with Gasteiger partial charge in [-0.1, -0.05) is 69.7 Å². The highest BCUT2D eigenvalue weighted by Gasteiger charge is 2.18. The van der Waals surface area contributed by atoms with Crippen LogP contribution in [0, 0.1) is 13.5 Å². The van der Waals surface area contributed by atoms with E-state index < -0.39 is 0 Å². The summed E-state index contributed by atoms with van der Waals surface area (Å²) in [4.78, 5) is 8.29. The quantitative estimate of drug-likeness (QED) is 0.473. The van der Waals surface area contributed by atoms with Crippen molar-refractivity contribution in [3.63, 3.8) is 0 Å². The van der Waals surface area contributed by atoms with Gasteiger partial charge in [0.1, 0.15) is 5.82 Å². The van der Waals surface area contributed by atoms with E-state index in [-0.39, 0.29) is 0 Å². The summed E-state index contributed by atoms with van der Waals surface area (Å²) in [6, 6.07) is 12.7. The van der Waals surface area contributed by atoms with Gasteiger partial charge in [-0.05, 0) is 35.4 Å². The first-order valence-electron chi connectivity index (χ1n) is 9.54. The molecule has 1 aromatic heterocycles. The van der Waals surface area contributed by atoms with Crippen LogP contribution in [0.4, 0.5) is 5.69 Å². The standard InChI is InChI=1S/C24H27N3/c1-16(2)20-8-7-9-21(17(3)4)24(20)27-13-12-26-23(27)15-19-11-10-18(5)22(14-19)25-6/h7-14,16-17H,15H2,1-5H3. The van der Waals surface area contributed by atoms with Crippen molar-refractivity contribution in [2.24, 2.45) is 0 Å². The smallest absolute Gasteiger partial charge is 0.190 e. The SMILES string of the molecule is [C-]#[N+]c1cc(Cc2nccn2-c2c(C(C)C)cccc2C(C)C)ccc1C. The van der Waals surface area contributed by atoms with Gasteiger partial charge < -0.3 is 4.57 Å². The lowest BCUT2D eigenvalue weighted by atomic mass is 9.92. The summed E-state index contributed by atoms with van der Waals surface area (Å²) < 4.78 is 2.24. The van der Waals surface area contributed by atoms with Gasteiger partial charge in [-0.3, -0.25) is 0 Å². The van der Waals surface area contributed by atoms with Crippen molar-refractivity contribution in [1.82, 2.24) is 9.55 Å². The fourth-order valence-electron chi connectivity index (χ4n) is 3.53. The average Bonchev–Trinajstić information content (AvgIpc) is 3.10. The van der Waals surface area contributed by atoms with Crippen LogP contribution in [-0.2, 0) is 6.42 Å². The van der Waals surface area contributed by atoms with Gasteiger partial charge in [-0.2, -0.15) is 0 Å². The molecule has 3 rings (SSSR count). The van der Waals surface area contributed by atoms with Crippen LogP contribution in [0.3, 0.4) is 0 Å². The molecule has 2 aromatic carbocycles. The lowest BCUT2D eigenvalue weighted by Crippen LogP contribution is -2.10. The van der Waals surface area contributed by atoms with E-state index in [1.165, 1.54) is 16.8 Å². The van der Waals surface area contributed by atoms with Crippen LogP contribution in [0.2, 0.25) is 0 Å². The first-order valence-corrected chi connectivity index (χ1v) is 9.54. The fourth-order valence-corrected chi connectivity index (χ4v) is 3.53. The molecule has 1 heterocycles. The first-order chi connectivity index (χ1) is 12.9. The fraction of sp³-hybridized carbons (Fsp3) is 0.333. The minimum absolute atomic E-state index is 0.432. The highest BCUT2D eigenvalue weighted by atomic mass is 15.1. The molecule has 0 N–H and O–H groups in total. The molecule has 0 bridgehead atoms. The van der Waals surface area contributed by atoms with E-state index in [4.69, 9.17) is 6.57 Å². The molecule has 3 aromatic rings. The molecule has 0 fully saturated rings. The van der Waals surface area contributed by atoms with E-state index in [1.807, 2.05) is 25.3 Å². The highest BCUT2D eigenvalue weighted by Crippen LogP contribution is 2.32. The number of hydrogen-bond acceptors (Lipinski definition) is 1. The Morgan fingerprint density at radius 3 is 2.30 bits per heavy atom. The molecule has 138 valence electrons. The number of para-hydroxylation sites is 1. The molecule has 0 unspecified atom stereocenters. The third kappa shape index (κ3) is 3.80. The number of benzene rings is 2. The second-order valence-electron chi connectivity index (χ2n) is 7.72. The monoisotopic (exact) mass is 357 g/mol. The Labute approximate surface area is 162 Å². The van der Waals surface area contributed by atoms with Crippen LogP contribution >= 0.6 is 0 Å². The summed E-state index contributed by atoms with van der Waals surface area (Å²) in [5, 5.41) is 0. The number of aryl methyl sites for hydroxylation is 1. The molecule has 27 heavy (non-hydrogen) atoms. The Bertz CT molecular complexity index is 961. The van der Waals surface area contributed by atoms with Gasteiger partial charge >= 0.3 is 0 Å². The van der Waals surface area contributed by atoms with Gasteiger partial charge in [0.2, 0.25) is 0 Å². The van der Waals surface area contributed by atoms with Crippen molar-refractivity contribution in [3.05, 3.63) is 88.3 Å². The maximum Gasteiger partial charge on any atom is 0.190 e. The molecule has 0 aliphatic carbocycles. The van der Waals surface area contributed by atoms with Crippen molar-refractivity contribution < 1.29 is 0 Å². The normalized spacial score (nSPS) is 11.2. The lowest BCUT2D eigenvalue weighted by Gasteiger charge is -2.21. The van der Waals surface area contributed by atoms with Crippen LogP contribution in [0.1, 0.15) is 67.6 Å². The summed E-state index contributed by atoms with van der Waals surface area (Å²) in [6.07, 6.45) is 4.65. The van der Waals surface area contributed by atoms with E-state index >= 15 is 0 Å². The topological polar surface area (TPSA) is 22.2 Å². The summed E-state index contributed by atoms with van der Waals surface area (Å²) in [5.41, 5.74) is 6.79. The predicted molar refractivity (Wildman–Crippen MR) is 112 cm³/mol. The zero-order valence-electron chi connectivity index (χ0n) is 16.8. The van der Waals surface area contributed by atoms with Gasteiger partial charge in [0, 0.05) is 18.8 Å². The number of rotatable bonds is 5. The number of aromatic nitrogens is 2. The van der Waals surface area contributed by atoms with Crippen LogP contribution in [0.5, 0.6) is 0 Å². The first kappa shape index (κ1) is 18.9. The zero-order valence-corrected chi connectivity index (χ0v) is 16.8. The zero-order chi connectivity index (χ0) is 19.6. The number of hydrogen-bond donors (Lipinski definition) is 0. The van der Waals surface area contributed by atoms with Gasteiger partial charge in [-0.15, -0.1) is 0 Å². The van der Waals surface area contributed by atoms with Crippen LogP contribution in [-0.4, -0.2) is 9.55 Å². The van der Waals surface area contributed by atoms with Crippen LogP contribution < -0.4 is 0 Å². The van der Waals surface area contributed by atoms with E-state index in [9.17, 15) is 0 Å².